The highest BCUT2D eigenvalue weighted by molar-refractivity contribution is 9.10. The summed E-state index contributed by atoms with van der Waals surface area (Å²) in [5, 5.41) is 9.97. The molecule has 0 unspecified atom stereocenters. The van der Waals surface area contributed by atoms with Crippen molar-refractivity contribution in [2.45, 2.75) is 0 Å². The molecule has 144 valence electrons. The summed E-state index contributed by atoms with van der Waals surface area (Å²) in [6, 6.07) is 4.73. The first-order valence-electron chi connectivity index (χ1n) is 8.50. The molecule has 2 saturated heterocycles. The Hall–Kier alpha value is -1.20. The molecule has 1 N–H and O–H groups in total. The number of hydrogen-bond acceptors (Lipinski definition) is 5. The number of phenolic OH excluding ortho intramolecular Hbond substituents is 1. The van der Waals surface area contributed by atoms with E-state index in [-0.39, 0.29) is 30.3 Å². The van der Waals surface area contributed by atoms with E-state index in [1.165, 1.54) is 14.7 Å². The lowest BCUT2D eigenvalue weighted by atomic mass is 10.1. The van der Waals surface area contributed by atoms with Crippen molar-refractivity contribution in [3.8, 4) is 5.75 Å². The number of carbonyl (C=O) groups is 1. The van der Waals surface area contributed by atoms with Crippen LogP contribution < -0.4 is 0 Å². The minimum absolute atomic E-state index is 0.0862. The summed E-state index contributed by atoms with van der Waals surface area (Å²) in [6.07, 6.45) is 0. The number of carbonyl (C=O) groups excluding carboxylic acids is 1. The van der Waals surface area contributed by atoms with Crippen LogP contribution in [0.2, 0.25) is 0 Å². The van der Waals surface area contributed by atoms with Gasteiger partial charge in [-0.3, -0.25) is 4.79 Å². The molecule has 10 heteroatoms. The van der Waals surface area contributed by atoms with Crippen LogP contribution in [0.25, 0.3) is 0 Å². The maximum atomic E-state index is 12.8. The Morgan fingerprint density at radius 1 is 1.00 bits per heavy atom. The molecule has 3 rings (SSSR count). The number of likely N-dealkylation sites (N-methyl/N-ethyl adjacent to an activating group) is 1. The first-order valence-corrected chi connectivity index (χ1v) is 10.7. The third-order valence-corrected chi connectivity index (χ3v) is 7.36. The molecule has 2 aliphatic rings. The lowest BCUT2D eigenvalue weighted by Gasteiger charge is -2.39. The van der Waals surface area contributed by atoms with Gasteiger partial charge >= 0.3 is 0 Å². The highest BCUT2D eigenvalue weighted by Crippen LogP contribution is 2.24. The molecule has 1 aromatic carbocycles. The van der Waals surface area contributed by atoms with Crippen molar-refractivity contribution in [1.82, 2.24) is 18.4 Å². The Morgan fingerprint density at radius 2 is 1.54 bits per heavy atom. The zero-order chi connectivity index (χ0) is 18.9. The van der Waals surface area contributed by atoms with Crippen LogP contribution >= 0.6 is 15.9 Å². The SMILES string of the molecule is CN1CCN(S(=O)(=O)N2CCN(C(=O)c3ccc(Br)cc3O)CC2)CC1. The second-order valence-corrected chi connectivity index (χ2v) is 9.41. The molecule has 0 atom stereocenters. The largest absolute Gasteiger partial charge is 0.507 e. The van der Waals surface area contributed by atoms with E-state index in [1.54, 1.807) is 17.0 Å². The predicted molar refractivity (Wildman–Crippen MR) is 101 cm³/mol. The number of nitrogens with zero attached hydrogens (tertiary/aromatic N) is 4. The number of rotatable bonds is 3. The summed E-state index contributed by atoms with van der Waals surface area (Å²) in [5.74, 6) is -0.372. The lowest BCUT2D eigenvalue weighted by molar-refractivity contribution is 0.0689. The van der Waals surface area contributed by atoms with E-state index in [0.29, 0.717) is 30.7 Å². The van der Waals surface area contributed by atoms with Crippen molar-refractivity contribution >= 4 is 32.0 Å². The summed E-state index contributed by atoms with van der Waals surface area (Å²) in [7, 11) is -1.51. The van der Waals surface area contributed by atoms with Gasteiger partial charge in [-0.25, -0.2) is 0 Å². The third kappa shape index (κ3) is 4.04. The van der Waals surface area contributed by atoms with E-state index in [1.807, 2.05) is 7.05 Å². The van der Waals surface area contributed by atoms with Gasteiger partial charge in [-0.05, 0) is 25.2 Å². The van der Waals surface area contributed by atoms with Gasteiger partial charge in [0, 0.05) is 56.8 Å². The normalized spacial score (nSPS) is 21.1. The predicted octanol–water partition coefficient (Wildman–Crippen LogP) is 0.405. The fourth-order valence-corrected chi connectivity index (χ4v) is 5.09. The van der Waals surface area contributed by atoms with Gasteiger partial charge in [0.05, 0.1) is 5.56 Å². The minimum atomic E-state index is -3.49. The summed E-state index contributed by atoms with van der Waals surface area (Å²) in [6.45, 7) is 3.56. The quantitative estimate of drug-likeness (QED) is 0.726. The van der Waals surface area contributed by atoms with Gasteiger partial charge in [0.25, 0.3) is 16.1 Å². The molecule has 0 saturated carbocycles. The monoisotopic (exact) mass is 446 g/mol. The van der Waals surface area contributed by atoms with Gasteiger partial charge in [0.15, 0.2) is 0 Å². The molecule has 0 radical (unpaired) electrons. The highest BCUT2D eigenvalue weighted by Gasteiger charge is 2.35. The second-order valence-electron chi connectivity index (χ2n) is 6.56. The van der Waals surface area contributed by atoms with Gasteiger partial charge in [-0.15, -0.1) is 0 Å². The number of amides is 1. The molecule has 2 fully saturated rings. The smallest absolute Gasteiger partial charge is 0.282 e. The highest BCUT2D eigenvalue weighted by atomic mass is 79.9. The average Bonchev–Trinajstić information content (AvgIpc) is 2.62. The summed E-state index contributed by atoms with van der Waals surface area (Å²) < 4.78 is 29.2. The number of aromatic hydroxyl groups is 1. The van der Waals surface area contributed by atoms with Crippen LogP contribution in [0, 0.1) is 0 Å². The summed E-state index contributed by atoms with van der Waals surface area (Å²) >= 11 is 3.25. The molecule has 26 heavy (non-hydrogen) atoms. The zero-order valence-electron chi connectivity index (χ0n) is 14.6. The fraction of sp³-hybridized carbons (Fsp3) is 0.562. The molecule has 0 spiro atoms. The molecule has 1 amide bonds. The number of benzene rings is 1. The van der Waals surface area contributed by atoms with Gasteiger partial charge in [-0.1, -0.05) is 15.9 Å². The Bertz CT molecular complexity index is 772. The van der Waals surface area contributed by atoms with Crippen molar-refractivity contribution in [1.29, 1.82) is 0 Å². The van der Waals surface area contributed by atoms with E-state index >= 15 is 0 Å². The van der Waals surface area contributed by atoms with Crippen molar-refractivity contribution < 1.29 is 18.3 Å². The van der Waals surface area contributed by atoms with E-state index in [4.69, 9.17) is 0 Å². The van der Waals surface area contributed by atoms with E-state index in [0.717, 1.165) is 13.1 Å². The topological polar surface area (TPSA) is 84.4 Å². The Labute approximate surface area is 162 Å². The van der Waals surface area contributed by atoms with Gasteiger partial charge in [0.1, 0.15) is 5.75 Å². The van der Waals surface area contributed by atoms with Gasteiger partial charge in [0.2, 0.25) is 0 Å². The molecular formula is C16H23BrN4O4S. The van der Waals surface area contributed by atoms with Crippen LogP contribution in [0.4, 0.5) is 0 Å². The number of halogens is 1. The van der Waals surface area contributed by atoms with Crippen LogP contribution in [-0.2, 0) is 10.2 Å². The van der Waals surface area contributed by atoms with Crippen LogP contribution in [0.5, 0.6) is 5.75 Å². The van der Waals surface area contributed by atoms with Crippen LogP contribution in [0.15, 0.2) is 22.7 Å². The first kappa shape index (κ1) is 19.6. The van der Waals surface area contributed by atoms with E-state index in [2.05, 4.69) is 20.8 Å². The molecular weight excluding hydrogens is 424 g/mol. The van der Waals surface area contributed by atoms with Crippen LogP contribution in [-0.4, -0.2) is 97.2 Å². The zero-order valence-corrected chi connectivity index (χ0v) is 17.0. The van der Waals surface area contributed by atoms with Crippen molar-refractivity contribution in [2.24, 2.45) is 0 Å². The fourth-order valence-electron chi connectivity index (χ4n) is 3.16. The second kappa shape index (κ2) is 7.81. The molecule has 0 aromatic heterocycles. The maximum absolute atomic E-state index is 12.8. The maximum Gasteiger partial charge on any atom is 0.282 e. The van der Waals surface area contributed by atoms with E-state index in [9.17, 15) is 18.3 Å². The first-order chi connectivity index (χ1) is 12.3. The van der Waals surface area contributed by atoms with Crippen LogP contribution in [0.3, 0.4) is 0 Å². The lowest BCUT2D eigenvalue weighted by Crippen LogP contribution is -2.57. The Kier molecular flexibility index (Phi) is 5.88. The molecule has 2 aliphatic heterocycles. The number of hydrogen-bond donors (Lipinski definition) is 1. The molecule has 8 nitrogen and oxygen atoms in total. The van der Waals surface area contributed by atoms with Crippen molar-refractivity contribution in [3.05, 3.63) is 28.2 Å². The third-order valence-electron chi connectivity index (χ3n) is 4.83. The number of piperazine rings is 2. The molecule has 2 heterocycles. The van der Waals surface area contributed by atoms with Gasteiger partial charge in [-0.2, -0.15) is 17.0 Å². The minimum Gasteiger partial charge on any atom is -0.507 e. The van der Waals surface area contributed by atoms with Crippen LogP contribution in [0.1, 0.15) is 10.4 Å². The standard InChI is InChI=1S/C16H23BrN4O4S/c1-18-4-8-20(9-5-18)26(24,25)21-10-6-19(7-11-21)16(23)14-3-2-13(17)12-15(14)22/h2-3,12,22H,4-11H2,1H3. The molecule has 0 aliphatic carbocycles. The Balaban J connectivity index is 1.62. The number of phenols is 1. The Morgan fingerprint density at radius 3 is 2.08 bits per heavy atom. The summed E-state index contributed by atoms with van der Waals surface area (Å²) in [5.41, 5.74) is 0.226. The van der Waals surface area contributed by atoms with Crippen molar-refractivity contribution in [3.63, 3.8) is 0 Å². The van der Waals surface area contributed by atoms with E-state index < -0.39 is 10.2 Å². The van der Waals surface area contributed by atoms with Gasteiger partial charge < -0.3 is 14.9 Å². The average molecular weight is 447 g/mol. The molecule has 1 aromatic rings. The summed E-state index contributed by atoms with van der Waals surface area (Å²) in [4.78, 5) is 16.3. The van der Waals surface area contributed by atoms with Crippen molar-refractivity contribution in [2.75, 3.05) is 59.4 Å². The molecule has 0 bridgehead atoms.